The van der Waals surface area contributed by atoms with Crippen molar-refractivity contribution in [2.75, 3.05) is 52.8 Å². The number of ether oxygens (including phenoxy) is 6. The van der Waals surface area contributed by atoms with E-state index in [9.17, 15) is 24.0 Å². The lowest BCUT2D eigenvalue weighted by Crippen LogP contribution is -2.36. The Kier molecular flexibility index (Phi) is 20.6. The lowest BCUT2D eigenvalue weighted by molar-refractivity contribution is -0.145. The van der Waals surface area contributed by atoms with Gasteiger partial charge in [0.05, 0.1) is 36.0 Å². The van der Waals surface area contributed by atoms with Crippen molar-refractivity contribution in [2.24, 2.45) is 17.6 Å². The predicted molar refractivity (Wildman–Crippen MR) is 233 cm³/mol. The van der Waals surface area contributed by atoms with Crippen molar-refractivity contribution >= 4 is 29.7 Å². The summed E-state index contributed by atoms with van der Waals surface area (Å²) in [6.07, 6.45) is 1.72. The van der Waals surface area contributed by atoms with Crippen LogP contribution in [0.4, 0.5) is 0 Å². The monoisotopic (exact) mass is 864 g/mol. The molecule has 340 valence electrons. The number of aliphatic carboxylic acids is 1. The fraction of sp³-hybridized carbons (Fsp3) is 0.500. The van der Waals surface area contributed by atoms with E-state index in [0.29, 0.717) is 43.0 Å². The van der Waals surface area contributed by atoms with Crippen LogP contribution in [-0.4, -0.2) is 98.8 Å². The predicted octanol–water partition coefficient (Wildman–Crippen LogP) is 5.25. The number of benzene rings is 3. The fourth-order valence-electron chi connectivity index (χ4n) is 5.58. The van der Waals surface area contributed by atoms with Crippen LogP contribution in [0.2, 0.25) is 0 Å². The highest BCUT2D eigenvalue weighted by molar-refractivity contribution is 5.92. The third-order valence-corrected chi connectivity index (χ3v) is 9.44. The maximum Gasteiger partial charge on any atom is 0.338 e. The average molecular weight is 865 g/mol. The first-order valence-electron chi connectivity index (χ1n) is 20.8. The highest BCUT2D eigenvalue weighted by atomic mass is 16.5. The molecular weight excluding hydrogens is 801 g/mol. The molecule has 3 rings (SSSR count). The largest absolute Gasteiger partial charge is 0.484 e. The number of esters is 1. The van der Waals surface area contributed by atoms with Crippen LogP contribution in [0.15, 0.2) is 66.7 Å². The number of amides is 3. The average Bonchev–Trinajstić information content (AvgIpc) is 3.22. The lowest BCUT2D eigenvalue weighted by atomic mass is 10.0. The Hall–Kier alpha value is -5.71. The Morgan fingerprint density at radius 3 is 1.65 bits per heavy atom. The number of rotatable bonds is 28. The molecular formula is C46H64N4O12. The number of carboxylic acid groups (broad SMARTS) is 1. The number of carbonyl (C=O) groups is 5. The van der Waals surface area contributed by atoms with E-state index in [4.69, 9.17) is 39.3 Å². The van der Waals surface area contributed by atoms with E-state index in [0.717, 1.165) is 12.0 Å². The van der Waals surface area contributed by atoms with Gasteiger partial charge < -0.3 is 55.2 Å². The Bertz CT molecular complexity index is 1920. The zero-order chi connectivity index (χ0) is 45.7. The fourth-order valence-corrected chi connectivity index (χ4v) is 5.58. The molecule has 1 unspecified atom stereocenters. The highest BCUT2D eigenvalue weighted by Crippen LogP contribution is 2.33. The van der Waals surface area contributed by atoms with Crippen molar-refractivity contribution in [3.63, 3.8) is 0 Å². The van der Waals surface area contributed by atoms with Gasteiger partial charge in [-0.15, -0.1) is 0 Å². The summed E-state index contributed by atoms with van der Waals surface area (Å²) in [6, 6.07) is 18.7. The van der Waals surface area contributed by atoms with Crippen LogP contribution < -0.4 is 35.9 Å². The summed E-state index contributed by atoms with van der Waals surface area (Å²) in [7, 11) is 0. The number of carboxylic acids is 1. The first-order valence-corrected chi connectivity index (χ1v) is 20.8. The third-order valence-electron chi connectivity index (χ3n) is 9.44. The van der Waals surface area contributed by atoms with Crippen LogP contribution in [-0.2, 0) is 40.0 Å². The van der Waals surface area contributed by atoms with Gasteiger partial charge in [0.25, 0.3) is 17.7 Å². The molecule has 3 amide bonds. The molecule has 0 fully saturated rings. The molecule has 3 aromatic carbocycles. The van der Waals surface area contributed by atoms with Crippen molar-refractivity contribution in [2.45, 2.75) is 85.5 Å². The van der Waals surface area contributed by atoms with Gasteiger partial charge in [-0.1, -0.05) is 44.2 Å². The standard InChI is InChI=1S/C46H64N4O12/c1-31(2)13-16-48-40(51)27-57-37-20-34(19-36(23-37)44(56)60-26-33-11-9-8-10-12-33)35-21-38(24-39(22-35)59-29-42(53)50-18-15-46(6,7)62-30-47)58-28-41(52)49-17-14-45(4,5)61-25-32(3)43(54)55/h8-12,19-24,31-32H,13-18,25-30,47H2,1-7H3,(H,48,51)(H,49,52)(H,50,53)(H,54,55). The van der Waals surface area contributed by atoms with E-state index in [1.807, 2.05) is 58.0 Å². The first kappa shape index (κ1) is 50.6. The molecule has 3 aromatic rings. The van der Waals surface area contributed by atoms with Crippen molar-refractivity contribution in [3.05, 3.63) is 77.9 Å². The van der Waals surface area contributed by atoms with Gasteiger partial charge in [0.2, 0.25) is 0 Å². The lowest BCUT2D eigenvalue weighted by Gasteiger charge is -2.26. The molecule has 0 aliphatic heterocycles. The smallest absolute Gasteiger partial charge is 0.338 e. The quantitative estimate of drug-likeness (QED) is 0.0466. The van der Waals surface area contributed by atoms with Crippen LogP contribution >= 0.6 is 0 Å². The zero-order valence-electron chi connectivity index (χ0n) is 37.0. The van der Waals surface area contributed by atoms with Crippen LogP contribution in [0.5, 0.6) is 17.2 Å². The van der Waals surface area contributed by atoms with Gasteiger partial charge in [0.15, 0.2) is 19.8 Å². The molecule has 0 saturated carbocycles. The molecule has 16 heteroatoms. The molecule has 1 atom stereocenters. The Morgan fingerprint density at radius 1 is 0.661 bits per heavy atom. The van der Waals surface area contributed by atoms with E-state index in [2.05, 4.69) is 29.8 Å². The van der Waals surface area contributed by atoms with E-state index in [-0.39, 0.29) is 75.0 Å². The second-order valence-corrected chi connectivity index (χ2v) is 16.5. The molecule has 0 heterocycles. The van der Waals surface area contributed by atoms with Crippen molar-refractivity contribution in [3.8, 4) is 28.4 Å². The van der Waals surface area contributed by atoms with Gasteiger partial charge in [-0.3, -0.25) is 19.2 Å². The van der Waals surface area contributed by atoms with Crippen LogP contribution in [0.3, 0.4) is 0 Å². The van der Waals surface area contributed by atoms with E-state index >= 15 is 0 Å². The van der Waals surface area contributed by atoms with Gasteiger partial charge in [0.1, 0.15) is 23.9 Å². The summed E-state index contributed by atoms with van der Waals surface area (Å²) in [5.41, 5.74) is 6.15. The molecule has 0 saturated heterocycles. The first-order chi connectivity index (χ1) is 29.3. The molecule has 0 spiro atoms. The molecule has 6 N–H and O–H groups in total. The van der Waals surface area contributed by atoms with Gasteiger partial charge in [-0.25, -0.2) is 4.79 Å². The van der Waals surface area contributed by atoms with Crippen LogP contribution in [0, 0.1) is 11.8 Å². The minimum atomic E-state index is -0.958. The minimum Gasteiger partial charge on any atom is -0.484 e. The van der Waals surface area contributed by atoms with Gasteiger partial charge in [0, 0.05) is 25.7 Å². The third kappa shape index (κ3) is 19.8. The van der Waals surface area contributed by atoms with E-state index in [1.165, 1.54) is 12.1 Å². The van der Waals surface area contributed by atoms with Gasteiger partial charge >= 0.3 is 11.9 Å². The maximum absolute atomic E-state index is 13.5. The summed E-state index contributed by atoms with van der Waals surface area (Å²) >= 11 is 0. The molecule has 0 aliphatic rings. The molecule has 0 bridgehead atoms. The summed E-state index contributed by atoms with van der Waals surface area (Å²) in [6.45, 7) is 13.1. The summed E-state index contributed by atoms with van der Waals surface area (Å²) in [5, 5.41) is 17.6. The minimum absolute atomic E-state index is 0.0236. The summed E-state index contributed by atoms with van der Waals surface area (Å²) in [4.78, 5) is 63.0. The van der Waals surface area contributed by atoms with Crippen molar-refractivity contribution in [1.29, 1.82) is 0 Å². The number of hydrogen-bond acceptors (Lipinski definition) is 12. The highest BCUT2D eigenvalue weighted by Gasteiger charge is 2.23. The van der Waals surface area contributed by atoms with Crippen LogP contribution in [0.25, 0.3) is 11.1 Å². The molecule has 0 radical (unpaired) electrons. The number of nitrogens with one attached hydrogen (secondary N) is 3. The number of hydrogen-bond donors (Lipinski definition) is 5. The van der Waals surface area contributed by atoms with E-state index < -0.39 is 40.9 Å². The second-order valence-electron chi connectivity index (χ2n) is 16.5. The molecule has 0 aromatic heterocycles. The van der Waals surface area contributed by atoms with Gasteiger partial charge in [-0.2, -0.15) is 0 Å². The Morgan fingerprint density at radius 2 is 1.15 bits per heavy atom. The Labute approximate surface area is 364 Å². The zero-order valence-corrected chi connectivity index (χ0v) is 37.0. The van der Waals surface area contributed by atoms with Crippen molar-refractivity contribution in [1.82, 2.24) is 16.0 Å². The summed E-state index contributed by atoms with van der Waals surface area (Å²) < 4.78 is 34.6. The SMILES string of the molecule is CC(C)CCNC(=O)COc1cc(C(=O)OCc2ccccc2)cc(-c2cc(OCC(=O)NCCC(C)(C)OCN)cc(OCC(=O)NCCC(C)(C)OCC(C)C(=O)O)c2)c1. The normalized spacial score (nSPS) is 12.0. The molecule has 0 aliphatic carbocycles. The molecule has 62 heavy (non-hydrogen) atoms. The van der Waals surface area contributed by atoms with E-state index in [1.54, 1.807) is 31.2 Å². The topological polar surface area (TPSA) is 223 Å². The maximum atomic E-state index is 13.5. The second kappa shape index (κ2) is 25.3. The van der Waals surface area contributed by atoms with Crippen molar-refractivity contribution < 1.29 is 57.5 Å². The molecule has 16 nitrogen and oxygen atoms in total. The Balaban J connectivity index is 1.87. The van der Waals surface area contributed by atoms with Crippen LogP contribution in [0.1, 0.15) is 83.7 Å². The summed E-state index contributed by atoms with van der Waals surface area (Å²) in [5.74, 6) is -2.37. The number of carbonyl (C=O) groups excluding carboxylic acids is 4. The van der Waals surface area contributed by atoms with Gasteiger partial charge in [-0.05, 0) is 107 Å². The number of nitrogens with two attached hydrogens (primary N) is 1.